The topological polar surface area (TPSA) is 69.1 Å². The maximum absolute atomic E-state index is 5.74. The Labute approximate surface area is 101 Å². The fourth-order valence-electron chi connectivity index (χ4n) is 1.58. The highest BCUT2D eigenvalue weighted by Gasteiger charge is 2.09. The first kappa shape index (κ1) is 10.2. The Balaban J connectivity index is 2.14. The van der Waals surface area contributed by atoms with Crippen LogP contribution in [0.25, 0.3) is 17.1 Å². The first-order valence-electron chi connectivity index (χ1n) is 4.98. The predicted molar refractivity (Wildman–Crippen MR) is 60.6 cm³/mol. The average molecular weight is 250 g/mol. The zero-order valence-corrected chi connectivity index (χ0v) is 9.72. The molecule has 0 bridgehead atoms. The fraction of sp³-hybridized carbons (Fsp3) is 0.200. The van der Waals surface area contributed by atoms with Gasteiger partial charge in [0.05, 0.1) is 5.88 Å². The minimum absolute atomic E-state index is 0.320. The molecular formula is C10H8ClN5O. The molecule has 86 valence electrons. The van der Waals surface area contributed by atoms with E-state index in [0.717, 1.165) is 5.56 Å². The Hall–Kier alpha value is -1.95. The molecule has 0 N–H and O–H groups in total. The molecule has 6 nitrogen and oxygen atoms in total. The second kappa shape index (κ2) is 3.81. The van der Waals surface area contributed by atoms with Gasteiger partial charge in [0.2, 0.25) is 0 Å². The van der Waals surface area contributed by atoms with Crippen LogP contribution in [-0.2, 0) is 5.88 Å². The normalized spacial score (nSPS) is 11.2. The van der Waals surface area contributed by atoms with Crippen LogP contribution in [0.15, 0.2) is 22.9 Å². The highest BCUT2D eigenvalue weighted by molar-refractivity contribution is 6.16. The highest BCUT2D eigenvalue weighted by atomic mass is 35.5. The highest BCUT2D eigenvalue weighted by Crippen LogP contribution is 2.19. The van der Waals surface area contributed by atoms with E-state index in [4.69, 9.17) is 16.1 Å². The number of nitrogens with zero attached hydrogens (tertiary/aromatic N) is 5. The van der Waals surface area contributed by atoms with Crippen LogP contribution in [0, 0.1) is 6.92 Å². The molecule has 0 fully saturated rings. The molecule has 3 aromatic heterocycles. The smallest absolute Gasteiger partial charge is 0.258 e. The maximum Gasteiger partial charge on any atom is 0.258 e. The summed E-state index contributed by atoms with van der Waals surface area (Å²) in [5.41, 5.74) is 1.51. The van der Waals surface area contributed by atoms with Gasteiger partial charge >= 0.3 is 0 Å². The van der Waals surface area contributed by atoms with Crippen molar-refractivity contribution in [2.24, 2.45) is 0 Å². The summed E-state index contributed by atoms with van der Waals surface area (Å²) in [6.07, 6.45) is 1.84. The van der Waals surface area contributed by atoms with Crippen LogP contribution in [0.4, 0.5) is 0 Å². The third-order valence-corrected chi connectivity index (χ3v) is 2.61. The van der Waals surface area contributed by atoms with Crippen molar-refractivity contribution >= 4 is 17.2 Å². The standard InChI is InChI=1S/C10H8ClN5O/c1-6-12-10(17-15-6)7-2-3-16-8(4-7)13-14-9(16)5-11/h2-4H,5H2,1H3. The molecule has 3 rings (SSSR count). The van der Waals surface area contributed by atoms with Crippen molar-refractivity contribution in [2.75, 3.05) is 0 Å². The predicted octanol–water partition coefficient (Wildman–Crippen LogP) is 1.83. The van der Waals surface area contributed by atoms with E-state index in [1.807, 2.05) is 22.7 Å². The molecule has 0 spiro atoms. The van der Waals surface area contributed by atoms with E-state index in [-0.39, 0.29) is 0 Å². The van der Waals surface area contributed by atoms with Gasteiger partial charge in [0.1, 0.15) is 0 Å². The van der Waals surface area contributed by atoms with Crippen molar-refractivity contribution in [1.29, 1.82) is 0 Å². The van der Waals surface area contributed by atoms with Gasteiger partial charge in [-0.2, -0.15) is 4.98 Å². The molecule has 0 saturated carbocycles. The number of rotatable bonds is 2. The summed E-state index contributed by atoms with van der Waals surface area (Å²) in [7, 11) is 0. The molecule has 0 unspecified atom stereocenters. The Morgan fingerprint density at radius 3 is 3.00 bits per heavy atom. The number of alkyl halides is 1. The Kier molecular flexibility index (Phi) is 2.29. The van der Waals surface area contributed by atoms with Crippen LogP contribution in [0.1, 0.15) is 11.6 Å². The van der Waals surface area contributed by atoms with Gasteiger partial charge in [0.25, 0.3) is 5.89 Å². The lowest BCUT2D eigenvalue weighted by molar-refractivity contribution is 0.425. The number of pyridine rings is 1. The molecule has 0 aromatic carbocycles. The quantitative estimate of drug-likeness (QED) is 0.648. The molecule has 0 saturated heterocycles. The first-order chi connectivity index (χ1) is 8.28. The van der Waals surface area contributed by atoms with Gasteiger partial charge in [0.15, 0.2) is 17.3 Å². The fourth-order valence-corrected chi connectivity index (χ4v) is 1.76. The van der Waals surface area contributed by atoms with E-state index in [1.165, 1.54) is 0 Å². The molecule has 3 heterocycles. The third-order valence-electron chi connectivity index (χ3n) is 2.37. The SMILES string of the molecule is Cc1noc(-c2ccn3c(CCl)nnc3c2)n1. The lowest BCUT2D eigenvalue weighted by atomic mass is 10.2. The molecule has 7 heteroatoms. The van der Waals surface area contributed by atoms with Gasteiger partial charge in [-0.25, -0.2) is 0 Å². The molecule has 0 amide bonds. The Morgan fingerprint density at radius 1 is 1.41 bits per heavy atom. The van der Waals surface area contributed by atoms with Crippen LogP contribution in [0.3, 0.4) is 0 Å². The lowest BCUT2D eigenvalue weighted by Gasteiger charge is -1.97. The van der Waals surface area contributed by atoms with Crippen molar-refractivity contribution in [2.45, 2.75) is 12.8 Å². The van der Waals surface area contributed by atoms with Crippen molar-refractivity contribution in [3.63, 3.8) is 0 Å². The van der Waals surface area contributed by atoms with Crippen molar-refractivity contribution < 1.29 is 4.52 Å². The van der Waals surface area contributed by atoms with E-state index in [9.17, 15) is 0 Å². The van der Waals surface area contributed by atoms with Gasteiger partial charge in [0, 0.05) is 11.8 Å². The van der Waals surface area contributed by atoms with Gasteiger partial charge in [-0.1, -0.05) is 5.16 Å². The monoisotopic (exact) mass is 249 g/mol. The number of fused-ring (bicyclic) bond motifs is 1. The second-order valence-electron chi connectivity index (χ2n) is 3.54. The van der Waals surface area contributed by atoms with Crippen LogP contribution >= 0.6 is 11.6 Å². The van der Waals surface area contributed by atoms with Crippen LogP contribution < -0.4 is 0 Å². The molecule has 3 aromatic rings. The third kappa shape index (κ3) is 1.66. The van der Waals surface area contributed by atoms with Crippen molar-refractivity contribution in [1.82, 2.24) is 24.7 Å². The molecule has 0 radical (unpaired) electrons. The van der Waals surface area contributed by atoms with Gasteiger partial charge in [-0.05, 0) is 19.1 Å². The first-order valence-corrected chi connectivity index (χ1v) is 5.51. The van der Waals surface area contributed by atoms with E-state index in [2.05, 4.69) is 20.3 Å². The largest absolute Gasteiger partial charge is 0.334 e. The van der Waals surface area contributed by atoms with Gasteiger partial charge in [-0.15, -0.1) is 21.8 Å². The Bertz CT molecular complexity index is 674. The molecule has 0 aliphatic rings. The molecule has 0 aliphatic heterocycles. The molecule has 17 heavy (non-hydrogen) atoms. The number of hydrogen-bond acceptors (Lipinski definition) is 5. The minimum atomic E-state index is 0.320. The maximum atomic E-state index is 5.74. The summed E-state index contributed by atoms with van der Waals surface area (Å²) in [5.74, 6) is 2.10. The molecule has 0 atom stereocenters. The lowest BCUT2D eigenvalue weighted by Crippen LogP contribution is -1.91. The van der Waals surface area contributed by atoms with E-state index < -0.39 is 0 Å². The number of hydrogen-bond donors (Lipinski definition) is 0. The van der Waals surface area contributed by atoms with E-state index in [0.29, 0.717) is 29.1 Å². The zero-order valence-electron chi connectivity index (χ0n) is 8.96. The van der Waals surface area contributed by atoms with Gasteiger partial charge < -0.3 is 4.52 Å². The average Bonchev–Trinajstić information content (AvgIpc) is 2.94. The summed E-state index contributed by atoms with van der Waals surface area (Å²) < 4.78 is 6.91. The van der Waals surface area contributed by atoms with Crippen LogP contribution in [-0.4, -0.2) is 24.7 Å². The Morgan fingerprint density at radius 2 is 2.29 bits per heavy atom. The summed E-state index contributed by atoms with van der Waals surface area (Å²) >= 11 is 5.74. The van der Waals surface area contributed by atoms with Crippen LogP contribution in [0.2, 0.25) is 0 Å². The van der Waals surface area contributed by atoms with E-state index >= 15 is 0 Å². The van der Waals surface area contributed by atoms with E-state index in [1.54, 1.807) is 6.92 Å². The number of aromatic nitrogens is 5. The van der Waals surface area contributed by atoms with Gasteiger partial charge in [-0.3, -0.25) is 4.40 Å². The number of halogens is 1. The van der Waals surface area contributed by atoms with Crippen molar-refractivity contribution in [3.05, 3.63) is 30.0 Å². The van der Waals surface area contributed by atoms with Crippen molar-refractivity contribution in [3.8, 4) is 11.5 Å². The summed E-state index contributed by atoms with van der Waals surface area (Å²) in [5, 5.41) is 11.7. The summed E-state index contributed by atoms with van der Waals surface area (Å²) in [4.78, 5) is 4.15. The second-order valence-corrected chi connectivity index (χ2v) is 3.81. The molecular weight excluding hydrogens is 242 g/mol. The minimum Gasteiger partial charge on any atom is -0.334 e. The summed E-state index contributed by atoms with van der Waals surface area (Å²) in [6.45, 7) is 1.77. The summed E-state index contributed by atoms with van der Waals surface area (Å²) in [6, 6.07) is 3.69. The zero-order chi connectivity index (χ0) is 11.8. The number of aryl methyl sites for hydroxylation is 1. The molecule has 0 aliphatic carbocycles. The van der Waals surface area contributed by atoms with Crippen LogP contribution in [0.5, 0.6) is 0 Å².